The van der Waals surface area contributed by atoms with Crippen LogP contribution in [0, 0.1) is 0 Å². The van der Waals surface area contributed by atoms with Crippen LogP contribution in [-0.2, 0) is 0 Å². The van der Waals surface area contributed by atoms with Gasteiger partial charge < -0.3 is 9.13 Å². The van der Waals surface area contributed by atoms with Crippen LogP contribution in [0.3, 0.4) is 0 Å². The molecular weight excluding hydrogens is 705 g/mol. The van der Waals surface area contributed by atoms with Crippen molar-refractivity contribution in [3.05, 3.63) is 206 Å². The Bertz CT molecular complexity index is 3460. The third-order valence-electron chi connectivity index (χ3n) is 11.7. The molecular formula is C54H34N4. The molecule has 12 rings (SSSR count). The lowest BCUT2D eigenvalue weighted by Gasteiger charge is -2.12. The summed E-state index contributed by atoms with van der Waals surface area (Å²) in [6.45, 7) is 0. The summed E-state index contributed by atoms with van der Waals surface area (Å²) in [5.41, 5.74) is 11.8. The van der Waals surface area contributed by atoms with Gasteiger partial charge in [-0.3, -0.25) is 0 Å². The Kier molecular flexibility index (Phi) is 7.20. The quantitative estimate of drug-likeness (QED) is 0.176. The Morgan fingerprint density at radius 3 is 1.26 bits per heavy atom. The van der Waals surface area contributed by atoms with Crippen LogP contribution < -0.4 is 0 Å². The molecule has 12 aromatic rings. The highest BCUT2D eigenvalue weighted by atomic mass is 15.0. The van der Waals surface area contributed by atoms with E-state index in [0.29, 0.717) is 5.82 Å². The Hall–Kier alpha value is -7.82. The molecule has 0 spiro atoms. The first kappa shape index (κ1) is 32.4. The zero-order valence-electron chi connectivity index (χ0n) is 31.4. The van der Waals surface area contributed by atoms with Crippen molar-refractivity contribution in [2.75, 3.05) is 0 Å². The summed E-state index contributed by atoms with van der Waals surface area (Å²) >= 11 is 0. The maximum atomic E-state index is 5.23. The van der Waals surface area contributed by atoms with Gasteiger partial charge in [0.15, 0.2) is 5.82 Å². The number of rotatable bonds is 5. The van der Waals surface area contributed by atoms with Crippen molar-refractivity contribution in [3.63, 3.8) is 0 Å². The van der Waals surface area contributed by atoms with Crippen LogP contribution in [0.5, 0.6) is 0 Å². The van der Waals surface area contributed by atoms with Gasteiger partial charge in [-0.05, 0) is 100 Å². The minimum atomic E-state index is 0.693. The molecule has 0 aliphatic heterocycles. The number of para-hydroxylation sites is 3. The molecule has 0 saturated carbocycles. The predicted octanol–water partition coefficient (Wildman–Crippen LogP) is 14.0. The van der Waals surface area contributed by atoms with Crippen LogP contribution >= 0.6 is 0 Å². The smallest absolute Gasteiger partial charge is 0.160 e. The first-order valence-electron chi connectivity index (χ1n) is 19.7. The molecule has 0 aliphatic rings. The summed E-state index contributed by atoms with van der Waals surface area (Å²) < 4.78 is 4.79. The Morgan fingerprint density at radius 2 is 0.724 bits per heavy atom. The van der Waals surface area contributed by atoms with Gasteiger partial charge in [-0.2, -0.15) is 0 Å². The molecule has 0 unspecified atom stereocenters. The number of hydrogen-bond acceptors (Lipinski definition) is 2. The summed E-state index contributed by atoms with van der Waals surface area (Å²) in [4.78, 5) is 10.5. The van der Waals surface area contributed by atoms with Crippen LogP contribution in [0.1, 0.15) is 0 Å². The lowest BCUT2D eigenvalue weighted by atomic mass is 10.0. The van der Waals surface area contributed by atoms with Crippen LogP contribution in [0.2, 0.25) is 0 Å². The molecule has 0 amide bonds. The van der Waals surface area contributed by atoms with Gasteiger partial charge in [0.05, 0.1) is 33.5 Å². The normalized spacial score (nSPS) is 11.8. The molecule has 0 bridgehead atoms. The molecule has 4 heteroatoms. The zero-order valence-corrected chi connectivity index (χ0v) is 31.4. The molecule has 0 fully saturated rings. The Morgan fingerprint density at radius 1 is 0.293 bits per heavy atom. The standard InChI is InChI=1S/C54H34N4/c1-2-16-42(17-3-1)57-48-20-10-8-18-44(48)52-50(57)30-31-51-53(52)45-19-9-11-21-49(45)58(51)43-28-26-37(27-29-43)54-55-46(40-24-22-35-12-4-6-14-38(35)32-40)34-47(56-54)41-25-23-36-13-5-7-15-39(36)33-41/h1-34H. The third-order valence-corrected chi connectivity index (χ3v) is 11.7. The number of hydrogen-bond donors (Lipinski definition) is 0. The summed E-state index contributed by atoms with van der Waals surface area (Å²) in [5.74, 6) is 0.693. The van der Waals surface area contributed by atoms with E-state index in [1.165, 1.54) is 65.2 Å². The van der Waals surface area contributed by atoms with E-state index >= 15 is 0 Å². The maximum absolute atomic E-state index is 5.23. The number of nitrogens with zero attached hydrogens (tertiary/aromatic N) is 4. The Labute approximate surface area is 334 Å². The monoisotopic (exact) mass is 738 g/mol. The topological polar surface area (TPSA) is 35.6 Å². The molecule has 0 aliphatic carbocycles. The zero-order chi connectivity index (χ0) is 38.2. The first-order chi connectivity index (χ1) is 28.7. The Balaban J connectivity index is 1.03. The fourth-order valence-electron chi connectivity index (χ4n) is 8.98. The SMILES string of the molecule is c1ccc(-n2c3ccccc3c3c4c5ccccc5n(-c5ccc(-c6nc(-c7ccc8ccccc8c7)cc(-c7ccc8ccccc8c7)n6)cc5)c4ccc32)cc1. The van der Waals surface area contributed by atoms with Crippen LogP contribution in [0.15, 0.2) is 206 Å². The maximum Gasteiger partial charge on any atom is 0.160 e. The predicted molar refractivity (Wildman–Crippen MR) is 242 cm³/mol. The van der Waals surface area contributed by atoms with Crippen molar-refractivity contribution < 1.29 is 0 Å². The van der Waals surface area contributed by atoms with Crippen molar-refractivity contribution >= 4 is 65.2 Å². The second-order valence-electron chi connectivity index (χ2n) is 15.0. The van der Waals surface area contributed by atoms with Crippen molar-refractivity contribution in [3.8, 4) is 45.3 Å². The fraction of sp³-hybridized carbons (Fsp3) is 0. The van der Waals surface area contributed by atoms with Gasteiger partial charge in [-0.1, -0.05) is 127 Å². The molecule has 0 radical (unpaired) electrons. The van der Waals surface area contributed by atoms with Crippen molar-refractivity contribution in [1.82, 2.24) is 19.1 Å². The molecule has 3 aromatic heterocycles. The van der Waals surface area contributed by atoms with Gasteiger partial charge in [0, 0.05) is 49.6 Å². The minimum Gasteiger partial charge on any atom is -0.309 e. The van der Waals surface area contributed by atoms with Crippen LogP contribution in [-0.4, -0.2) is 19.1 Å². The van der Waals surface area contributed by atoms with Gasteiger partial charge in [-0.25, -0.2) is 9.97 Å². The van der Waals surface area contributed by atoms with Crippen molar-refractivity contribution in [2.45, 2.75) is 0 Å². The lowest BCUT2D eigenvalue weighted by molar-refractivity contribution is 1.16. The number of fused-ring (bicyclic) bond motifs is 9. The summed E-state index contributed by atoms with van der Waals surface area (Å²) in [6, 6.07) is 73.8. The minimum absolute atomic E-state index is 0.693. The summed E-state index contributed by atoms with van der Waals surface area (Å²) in [6.07, 6.45) is 0. The second kappa shape index (κ2) is 12.9. The second-order valence-corrected chi connectivity index (χ2v) is 15.0. The fourth-order valence-corrected chi connectivity index (χ4v) is 8.98. The molecule has 3 heterocycles. The highest BCUT2D eigenvalue weighted by Crippen LogP contribution is 2.42. The highest BCUT2D eigenvalue weighted by Gasteiger charge is 2.20. The molecule has 0 N–H and O–H groups in total. The van der Waals surface area contributed by atoms with Crippen LogP contribution in [0.25, 0.3) is 110 Å². The summed E-state index contributed by atoms with van der Waals surface area (Å²) in [7, 11) is 0. The molecule has 9 aromatic carbocycles. The average Bonchev–Trinajstić information content (AvgIpc) is 3.82. The van der Waals surface area contributed by atoms with Crippen molar-refractivity contribution in [1.29, 1.82) is 0 Å². The van der Waals surface area contributed by atoms with E-state index in [2.05, 4.69) is 215 Å². The van der Waals surface area contributed by atoms with E-state index in [4.69, 9.17) is 9.97 Å². The van der Waals surface area contributed by atoms with Gasteiger partial charge in [-0.15, -0.1) is 0 Å². The average molecular weight is 739 g/mol. The van der Waals surface area contributed by atoms with Gasteiger partial charge >= 0.3 is 0 Å². The third kappa shape index (κ3) is 5.09. The summed E-state index contributed by atoms with van der Waals surface area (Å²) in [5, 5.41) is 9.79. The van der Waals surface area contributed by atoms with E-state index in [1.807, 2.05) is 0 Å². The number of aromatic nitrogens is 4. The van der Waals surface area contributed by atoms with E-state index in [0.717, 1.165) is 39.5 Å². The largest absolute Gasteiger partial charge is 0.309 e. The number of benzene rings is 9. The lowest BCUT2D eigenvalue weighted by Crippen LogP contribution is -1.97. The van der Waals surface area contributed by atoms with E-state index in [1.54, 1.807) is 0 Å². The van der Waals surface area contributed by atoms with Gasteiger partial charge in [0.25, 0.3) is 0 Å². The van der Waals surface area contributed by atoms with Crippen LogP contribution in [0.4, 0.5) is 0 Å². The molecule has 270 valence electrons. The van der Waals surface area contributed by atoms with E-state index in [9.17, 15) is 0 Å². The first-order valence-corrected chi connectivity index (χ1v) is 19.7. The molecule has 58 heavy (non-hydrogen) atoms. The van der Waals surface area contributed by atoms with Gasteiger partial charge in [0.2, 0.25) is 0 Å². The molecule has 0 saturated heterocycles. The highest BCUT2D eigenvalue weighted by molar-refractivity contribution is 6.28. The van der Waals surface area contributed by atoms with Gasteiger partial charge in [0.1, 0.15) is 0 Å². The van der Waals surface area contributed by atoms with E-state index in [-0.39, 0.29) is 0 Å². The molecule has 4 nitrogen and oxygen atoms in total. The van der Waals surface area contributed by atoms with Crippen molar-refractivity contribution in [2.24, 2.45) is 0 Å². The molecule has 0 atom stereocenters. The van der Waals surface area contributed by atoms with E-state index < -0.39 is 0 Å².